The number of nitrogens with zero attached hydrogens (tertiary/aromatic N) is 2. The molecule has 0 radical (unpaired) electrons. The molecule has 2 heterocycles. The summed E-state index contributed by atoms with van der Waals surface area (Å²) in [4.78, 5) is 16.4. The van der Waals surface area contributed by atoms with Crippen LogP contribution in [0.1, 0.15) is 37.6 Å². The van der Waals surface area contributed by atoms with Crippen LogP contribution >= 0.6 is 11.6 Å². The van der Waals surface area contributed by atoms with Gasteiger partial charge in [-0.05, 0) is 43.4 Å². The predicted molar refractivity (Wildman–Crippen MR) is 110 cm³/mol. The Hall–Kier alpha value is -1.15. The third kappa shape index (κ3) is 4.53. The van der Waals surface area contributed by atoms with Crippen LogP contribution in [-0.2, 0) is 10.0 Å². The van der Waals surface area contributed by atoms with Crippen LogP contribution in [0.3, 0.4) is 0 Å². The number of amides is 1. The Bertz CT molecular complexity index is 812. The number of halogens is 1. The zero-order valence-corrected chi connectivity index (χ0v) is 18.5. The van der Waals surface area contributed by atoms with Crippen LogP contribution in [0.2, 0.25) is 5.02 Å². The van der Waals surface area contributed by atoms with E-state index in [0.717, 1.165) is 26.1 Å². The van der Waals surface area contributed by atoms with E-state index in [1.807, 2.05) is 0 Å². The highest BCUT2D eigenvalue weighted by Crippen LogP contribution is 2.29. The number of piperidine rings is 1. The predicted octanol–water partition coefficient (Wildman–Crippen LogP) is 1.37. The van der Waals surface area contributed by atoms with Crippen LogP contribution < -0.4 is 4.90 Å². The molecule has 156 valence electrons. The zero-order valence-electron chi connectivity index (χ0n) is 16.9. The van der Waals surface area contributed by atoms with Crippen molar-refractivity contribution in [1.82, 2.24) is 9.21 Å². The molecule has 1 amide bonds. The molecule has 2 aliphatic heterocycles. The van der Waals surface area contributed by atoms with Gasteiger partial charge < -0.3 is 9.80 Å². The standard InChI is InChI=1S/C20H30ClN3O3S/c1-4-22-7-9-23(10-8-22)20(25)18-12-17(5-6-19(18)21)28(26,27)24-13-15(2)11-16(3)14-24/h5-6,12,15-16H,4,7-11,13-14H2,1-3H3/p+1/t15-,16+. The summed E-state index contributed by atoms with van der Waals surface area (Å²) in [5.41, 5.74) is 0.279. The summed E-state index contributed by atoms with van der Waals surface area (Å²) in [5, 5.41) is 0.301. The van der Waals surface area contributed by atoms with E-state index in [-0.39, 0.29) is 16.4 Å². The second kappa shape index (κ2) is 8.69. The average Bonchev–Trinajstić information content (AvgIpc) is 2.67. The number of hydrogen-bond acceptors (Lipinski definition) is 3. The molecule has 0 spiro atoms. The van der Waals surface area contributed by atoms with E-state index in [1.54, 1.807) is 9.21 Å². The number of carbonyl (C=O) groups excluding carboxylic acids is 1. The van der Waals surface area contributed by atoms with Gasteiger partial charge in [0.2, 0.25) is 10.0 Å². The Morgan fingerprint density at radius 3 is 2.36 bits per heavy atom. The maximum absolute atomic E-state index is 13.2. The van der Waals surface area contributed by atoms with Crippen LogP contribution in [0, 0.1) is 11.8 Å². The third-order valence-electron chi connectivity index (χ3n) is 5.90. The number of quaternary nitrogens is 1. The molecular weight excluding hydrogens is 398 g/mol. The van der Waals surface area contributed by atoms with Gasteiger partial charge >= 0.3 is 0 Å². The fraction of sp³-hybridized carbons (Fsp3) is 0.650. The quantitative estimate of drug-likeness (QED) is 0.787. The van der Waals surface area contributed by atoms with E-state index in [0.29, 0.717) is 43.0 Å². The van der Waals surface area contributed by atoms with Gasteiger partial charge in [-0.1, -0.05) is 25.4 Å². The lowest BCUT2D eigenvalue weighted by Crippen LogP contribution is -3.14. The lowest BCUT2D eigenvalue weighted by molar-refractivity contribution is -0.902. The number of likely N-dealkylation sites (N-methyl/N-ethyl adjacent to an activating group) is 1. The average molecular weight is 429 g/mol. The first-order chi connectivity index (χ1) is 13.2. The van der Waals surface area contributed by atoms with E-state index in [9.17, 15) is 13.2 Å². The van der Waals surface area contributed by atoms with Crippen molar-refractivity contribution < 1.29 is 18.1 Å². The molecule has 0 bridgehead atoms. The summed E-state index contributed by atoms with van der Waals surface area (Å²) in [5.74, 6) is 0.464. The van der Waals surface area contributed by atoms with Crippen molar-refractivity contribution >= 4 is 27.5 Å². The Morgan fingerprint density at radius 1 is 1.18 bits per heavy atom. The van der Waals surface area contributed by atoms with Crippen molar-refractivity contribution in [2.24, 2.45) is 11.8 Å². The number of nitrogens with one attached hydrogen (secondary N) is 1. The maximum atomic E-state index is 13.2. The number of rotatable bonds is 4. The van der Waals surface area contributed by atoms with Crippen molar-refractivity contribution in [3.8, 4) is 0 Å². The molecule has 0 saturated carbocycles. The third-order valence-corrected chi connectivity index (χ3v) is 8.06. The van der Waals surface area contributed by atoms with E-state index < -0.39 is 10.0 Å². The number of carbonyl (C=O) groups is 1. The van der Waals surface area contributed by atoms with Gasteiger partial charge in [0.15, 0.2) is 0 Å². The molecule has 2 fully saturated rings. The van der Waals surface area contributed by atoms with E-state index in [4.69, 9.17) is 11.6 Å². The number of benzene rings is 1. The zero-order chi connectivity index (χ0) is 20.5. The lowest BCUT2D eigenvalue weighted by Gasteiger charge is -2.34. The van der Waals surface area contributed by atoms with Gasteiger partial charge in [-0.2, -0.15) is 4.31 Å². The second-order valence-electron chi connectivity index (χ2n) is 8.31. The highest BCUT2D eigenvalue weighted by molar-refractivity contribution is 7.89. The first-order valence-electron chi connectivity index (χ1n) is 10.1. The van der Waals surface area contributed by atoms with Crippen molar-refractivity contribution in [2.45, 2.75) is 32.1 Å². The molecule has 1 aromatic rings. The van der Waals surface area contributed by atoms with Crippen molar-refractivity contribution in [3.63, 3.8) is 0 Å². The lowest BCUT2D eigenvalue weighted by atomic mass is 9.94. The van der Waals surface area contributed by atoms with Crippen LogP contribution in [0.15, 0.2) is 23.1 Å². The van der Waals surface area contributed by atoms with Gasteiger partial charge in [0.05, 0.1) is 48.2 Å². The molecule has 0 aromatic heterocycles. The molecule has 3 rings (SSSR count). The van der Waals surface area contributed by atoms with Gasteiger partial charge in [0.1, 0.15) is 0 Å². The number of piperazine rings is 1. The molecule has 8 heteroatoms. The van der Waals surface area contributed by atoms with E-state index in [2.05, 4.69) is 20.8 Å². The second-order valence-corrected chi connectivity index (χ2v) is 10.7. The van der Waals surface area contributed by atoms with E-state index in [1.165, 1.54) is 23.1 Å². The Labute approximate surface area is 173 Å². The highest BCUT2D eigenvalue weighted by Gasteiger charge is 2.33. The molecule has 1 aromatic carbocycles. The fourth-order valence-electron chi connectivity index (χ4n) is 4.33. The number of hydrogen-bond donors (Lipinski definition) is 1. The minimum absolute atomic E-state index is 0.152. The van der Waals surface area contributed by atoms with Gasteiger partial charge in [-0.25, -0.2) is 8.42 Å². The first kappa shape index (κ1) is 21.6. The molecular formula is C20H31ClN3O3S+. The van der Waals surface area contributed by atoms with Crippen molar-refractivity contribution in [3.05, 3.63) is 28.8 Å². The minimum atomic E-state index is -3.64. The van der Waals surface area contributed by atoms with Crippen molar-refractivity contribution in [1.29, 1.82) is 0 Å². The number of sulfonamides is 1. The largest absolute Gasteiger partial charge is 0.332 e. The summed E-state index contributed by atoms with van der Waals surface area (Å²) >= 11 is 6.29. The highest BCUT2D eigenvalue weighted by atomic mass is 35.5. The summed E-state index contributed by atoms with van der Waals surface area (Å²) < 4.78 is 27.9. The normalized spacial score (nSPS) is 25.1. The molecule has 0 aliphatic carbocycles. The molecule has 1 N–H and O–H groups in total. The topological polar surface area (TPSA) is 62.1 Å². The van der Waals surface area contributed by atoms with Gasteiger partial charge in [-0.3, -0.25) is 4.79 Å². The monoisotopic (exact) mass is 428 g/mol. The fourth-order valence-corrected chi connectivity index (χ4v) is 6.23. The van der Waals surface area contributed by atoms with Gasteiger partial charge in [-0.15, -0.1) is 0 Å². The smallest absolute Gasteiger partial charge is 0.255 e. The summed E-state index contributed by atoms with van der Waals surface area (Å²) in [6.45, 7) is 11.5. The van der Waals surface area contributed by atoms with E-state index >= 15 is 0 Å². The van der Waals surface area contributed by atoms with Crippen LogP contribution in [0.4, 0.5) is 0 Å². The Kier molecular flexibility index (Phi) is 6.69. The molecule has 6 nitrogen and oxygen atoms in total. The summed E-state index contributed by atoms with van der Waals surface area (Å²) in [6.07, 6.45) is 1.03. The molecule has 2 atom stereocenters. The molecule has 2 aliphatic rings. The van der Waals surface area contributed by atoms with Gasteiger partial charge in [0.25, 0.3) is 5.91 Å². The molecule has 2 saturated heterocycles. The first-order valence-corrected chi connectivity index (χ1v) is 12.0. The SMILES string of the molecule is CC[NH+]1CCN(C(=O)c2cc(S(=O)(=O)N3C[C@H](C)C[C@H](C)C3)ccc2Cl)CC1. The van der Waals surface area contributed by atoms with Gasteiger partial charge in [0, 0.05) is 13.1 Å². The minimum Gasteiger partial charge on any atom is -0.332 e. The molecule has 0 unspecified atom stereocenters. The van der Waals surface area contributed by atoms with Crippen LogP contribution in [0.5, 0.6) is 0 Å². The maximum Gasteiger partial charge on any atom is 0.255 e. The van der Waals surface area contributed by atoms with Crippen LogP contribution in [-0.4, -0.2) is 69.3 Å². The Morgan fingerprint density at radius 2 is 1.79 bits per heavy atom. The van der Waals surface area contributed by atoms with Crippen molar-refractivity contribution in [2.75, 3.05) is 45.8 Å². The summed E-state index contributed by atoms with van der Waals surface area (Å²) in [7, 11) is -3.64. The summed E-state index contributed by atoms with van der Waals surface area (Å²) in [6, 6.07) is 4.51. The van der Waals surface area contributed by atoms with Crippen LogP contribution in [0.25, 0.3) is 0 Å². The Balaban J connectivity index is 1.84. The molecule has 28 heavy (non-hydrogen) atoms.